The zero-order valence-corrected chi connectivity index (χ0v) is 12.0. The highest BCUT2D eigenvalue weighted by Gasteiger charge is 2.14. The molecule has 1 N–H and O–H groups in total. The Labute approximate surface area is 109 Å². The number of rotatable bonds is 5. The molecule has 0 aromatic heterocycles. The summed E-state index contributed by atoms with van der Waals surface area (Å²) in [6.45, 7) is 5.98. The van der Waals surface area contributed by atoms with Crippen molar-refractivity contribution in [1.29, 1.82) is 0 Å². The second-order valence-corrected chi connectivity index (χ2v) is 3.14. The summed E-state index contributed by atoms with van der Waals surface area (Å²) in [5.41, 5.74) is 1.45. The van der Waals surface area contributed by atoms with Crippen LogP contribution in [0.1, 0.15) is 26.3 Å². The molecule has 0 atom stereocenters. The van der Waals surface area contributed by atoms with Crippen molar-refractivity contribution in [3.63, 3.8) is 0 Å². The predicted octanol–water partition coefficient (Wildman–Crippen LogP) is 3.05. The lowest BCUT2D eigenvalue weighted by Crippen LogP contribution is -2.17. The predicted molar refractivity (Wildman–Crippen MR) is 71.5 cm³/mol. The van der Waals surface area contributed by atoms with Gasteiger partial charge >= 0.3 is 0 Å². The van der Waals surface area contributed by atoms with Crippen LogP contribution < -0.4 is 14.7 Å². The minimum atomic E-state index is 0.544. The van der Waals surface area contributed by atoms with Gasteiger partial charge in [-0.1, -0.05) is 20.8 Å². The van der Waals surface area contributed by atoms with Crippen molar-refractivity contribution in [1.82, 2.24) is 0 Å². The van der Waals surface area contributed by atoms with E-state index in [2.05, 4.69) is 0 Å². The van der Waals surface area contributed by atoms with Gasteiger partial charge in [0.15, 0.2) is 11.5 Å². The van der Waals surface area contributed by atoms with E-state index in [0.29, 0.717) is 22.4 Å². The van der Waals surface area contributed by atoms with Crippen LogP contribution in [0.15, 0.2) is 12.1 Å². The Morgan fingerprint density at radius 1 is 1.06 bits per heavy atom. The lowest BCUT2D eigenvalue weighted by Gasteiger charge is -2.19. The Bertz CT molecular complexity index is 355. The second kappa shape index (κ2) is 8.60. The third-order valence-corrected chi connectivity index (χ3v) is 2.34. The number of aryl methyl sites for hydroxylation is 1. The number of hydrogen-bond acceptors (Lipinski definition) is 5. The van der Waals surface area contributed by atoms with Gasteiger partial charge < -0.3 is 9.47 Å². The molecule has 0 bridgehead atoms. The van der Waals surface area contributed by atoms with Crippen LogP contribution in [-0.2, 0) is 11.3 Å². The van der Waals surface area contributed by atoms with Gasteiger partial charge in [-0.15, -0.1) is 5.23 Å². The summed E-state index contributed by atoms with van der Waals surface area (Å²) >= 11 is 0. The number of ether oxygens (including phenoxy) is 2. The highest BCUT2D eigenvalue weighted by molar-refractivity contribution is 5.59. The Kier molecular flexibility index (Phi) is 7.91. The molecule has 0 saturated carbocycles. The van der Waals surface area contributed by atoms with Gasteiger partial charge in [0.25, 0.3) is 0 Å². The van der Waals surface area contributed by atoms with E-state index in [1.165, 1.54) is 7.11 Å². The third-order valence-electron chi connectivity index (χ3n) is 2.34. The van der Waals surface area contributed by atoms with Crippen LogP contribution in [0.4, 0.5) is 5.69 Å². The van der Waals surface area contributed by atoms with Crippen molar-refractivity contribution in [3.05, 3.63) is 17.7 Å². The van der Waals surface area contributed by atoms with Gasteiger partial charge in [-0.2, -0.15) is 0 Å². The topological polar surface area (TPSA) is 51.2 Å². The lowest BCUT2D eigenvalue weighted by atomic mass is 10.1. The second-order valence-electron chi connectivity index (χ2n) is 3.14. The molecule has 0 heterocycles. The van der Waals surface area contributed by atoms with E-state index in [4.69, 9.17) is 14.3 Å². The van der Waals surface area contributed by atoms with Crippen LogP contribution in [0.2, 0.25) is 0 Å². The van der Waals surface area contributed by atoms with Crippen LogP contribution in [0, 0.1) is 0 Å². The SMILES string of the molecule is CC.CCc1cc(OC)c(OC)cc1N(O)OC. The van der Waals surface area contributed by atoms with Crippen molar-refractivity contribution >= 4 is 5.69 Å². The molecule has 0 fully saturated rings. The molecule has 0 spiro atoms. The van der Waals surface area contributed by atoms with Crippen molar-refractivity contribution < 1.29 is 19.5 Å². The first-order chi connectivity index (χ1) is 8.67. The van der Waals surface area contributed by atoms with E-state index in [9.17, 15) is 5.21 Å². The summed E-state index contributed by atoms with van der Waals surface area (Å²) in [7, 11) is 4.50. The van der Waals surface area contributed by atoms with Gasteiger partial charge in [-0.25, -0.2) is 0 Å². The first-order valence-corrected chi connectivity index (χ1v) is 5.95. The molecule has 0 aliphatic rings. The Hall–Kier alpha value is -1.46. The molecule has 0 radical (unpaired) electrons. The highest BCUT2D eigenvalue weighted by atomic mass is 16.9. The maximum absolute atomic E-state index is 9.54. The minimum absolute atomic E-state index is 0.544. The molecule has 0 aliphatic carbocycles. The summed E-state index contributed by atoms with van der Waals surface area (Å²) in [6, 6.07) is 3.48. The van der Waals surface area contributed by atoms with E-state index in [0.717, 1.165) is 12.0 Å². The van der Waals surface area contributed by atoms with Crippen LogP contribution >= 0.6 is 0 Å². The smallest absolute Gasteiger partial charge is 0.162 e. The van der Waals surface area contributed by atoms with Crippen LogP contribution in [0.5, 0.6) is 11.5 Å². The molecule has 0 amide bonds. The van der Waals surface area contributed by atoms with Crippen LogP contribution in [0.3, 0.4) is 0 Å². The lowest BCUT2D eigenvalue weighted by molar-refractivity contribution is -0.0114. The fourth-order valence-electron chi connectivity index (χ4n) is 1.47. The molecule has 5 nitrogen and oxygen atoms in total. The zero-order valence-electron chi connectivity index (χ0n) is 12.0. The van der Waals surface area contributed by atoms with Gasteiger partial charge in [0.2, 0.25) is 0 Å². The van der Waals surface area contributed by atoms with Crippen molar-refractivity contribution in [3.8, 4) is 11.5 Å². The fourth-order valence-corrected chi connectivity index (χ4v) is 1.47. The molecular formula is C13H23NO4. The summed E-state index contributed by atoms with van der Waals surface area (Å²) in [6.07, 6.45) is 0.746. The van der Waals surface area contributed by atoms with Crippen molar-refractivity contribution in [2.75, 3.05) is 26.6 Å². The van der Waals surface area contributed by atoms with E-state index >= 15 is 0 Å². The highest BCUT2D eigenvalue weighted by Crippen LogP contribution is 2.34. The molecule has 0 aliphatic heterocycles. The summed E-state index contributed by atoms with van der Waals surface area (Å²) in [5, 5.41) is 10.2. The Morgan fingerprint density at radius 3 is 1.94 bits per heavy atom. The third kappa shape index (κ3) is 3.78. The molecule has 1 aromatic rings. The number of benzene rings is 1. The maximum Gasteiger partial charge on any atom is 0.162 e. The van der Waals surface area contributed by atoms with Gasteiger partial charge in [0.1, 0.15) is 5.69 Å². The van der Waals surface area contributed by atoms with Gasteiger partial charge in [0.05, 0.1) is 21.3 Å². The Balaban J connectivity index is 0.00000137. The molecular weight excluding hydrogens is 234 g/mol. The van der Waals surface area contributed by atoms with Gasteiger partial charge in [-0.05, 0) is 18.1 Å². The molecule has 5 heteroatoms. The molecule has 104 valence electrons. The van der Waals surface area contributed by atoms with E-state index < -0.39 is 0 Å². The van der Waals surface area contributed by atoms with E-state index in [-0.39, 0.29) is 0 Å². The summed E-state index contributed by atoms with van der Waals surface area (Å²) in [4.78, 5) is 4.74. The summed E-state index contributed by atoms with van der Waals surface area (Å²) in [5.74, 6) is 1.18. The van der Waals surface area contributed by atoms with Gasteiger partial charge in [-0.3, -0.25) is 10.0 Å². The standard InChI is InChI=1S/C11H17NO4.C2H6/c1-5-8-6-10(14-2)11(15-3)7-9(8)12(13)16-4;1-2/h6-7,13H,5H2,1-4H3;1-2H3. The normalized spacial score (nSPS) is 9.28. The number of hydrogen-bond donors (Lipinski definition) is 1. The summed E-state index contributed by atoms with van der Waals surface area (Å²) < 4.78 is 10.3. The number of methoxy groups -OCH3 is 2. The number of nitrogens with zero attached hydrogens (tertiary/aromatic N) is 1. The average molecular weight is 257 g/mol. The van der Waals surface area contributed by atoms with Crippen molar-refractivity contribution in [2.24, 2.45) is 0 Å². The van der Waals surface area contributed by atoms with E-state index in [1.54, 1.807) is 20.3 Å². The largest absolute Gasteiger partial charge is 0.493 e. The minimum Gasteiger partial charge on any atom is -0.493 e. The average Bonchev–Trinajstić information content (AvgIpc) is 2.46. The monoisotopic (exact) mass is 257 g/mol. The first kappa shape index (κ1) is 16.5. The van der Waals surface area contributed by atoms with Gasteiger partial charge in [0, 0.05) is 6.07 Å². The Morgan fingerprint density at radius 2 is 1.56 bits per heavy atom. The maximum atomic E-state index is 9.54. The zero-order chi connectivity index (χ0) is 14.1. The quantitative estimate of drug-likeness (QED) is 0.822. The molecule has 1 rings (SSSR count). The van der Waals surface area contributed by atoms with E-state index in [1.807, 2.05) is 26.8 Å². The molecule has 1 aromatic carbocycles. The number of anilines is 1. The molecule has 0 unspecified atom stereocenters. The molecule has 18 heavy (non-hydrogen) atoms. The molecule has 0 saturated heterocycles. The van der Waals surface area contributed by atoms with Crippen LogP contribution in [-0.4, -0.2) is 26.5 Å². The van der Waals surface area contributed by atoms with Crippen LogP contribution in [0.25, 0.3) is 0 Å². The van der Waals surface area contributed by atoms with Crippen molar-refractivity contribution in [2.45, 2.75) is 27.2 Å². The first-order valence-electron chi connectivity index (χ1n) is 5.95. The fraction of sp³-hybridized carbons (Fsp3) is 0.538.